The molecule has 4 aliphatic rings. The first-order chi connectivity index (χ1) is 16.9. The number of nitrogens with one attached hydrogen (secondary N) is 1. The highest BCUT2D eigenvalue weighted by atomic mass is 15.0. The number of benzene rings is 3. The molecule has 3 aromatic rings. The Kier molecular flexibility index (Phi) is 4.50. The van der Waals surface area contributed by atoms with Crippen LogP contribution in [0.1, 0.15) is 94.4 Å². The van der Waals surface area contributed by atoms with Crippen LogP contribution in [0.3, 0.4) is 0 Å². The molecule has 4 unspecified atom stereocenters. The first-order valence-electron chi connectivity index (χ1n) is 14.0. The van der Waals surface area contributed by atoms with Gasteiger partial charge in [0.2, 0.25) is 0 Å². The Hall–Kier alpha value is -2.54. The van der Waals surface area contributed by atoms with Crippen LogP contribution in [0, 0.1) is 0 Å². The van der Waals surface area contributed by atoms with E-state index in [1.165, 1.54) is 74.6 Å². The Morgan fingerprint density at radius 2 is 1.29 bits per heavy atom. The molecule has 2 fully saturated rings. The van der Waals surface area contributed by atoms with E-state index in [0.29, 0.717) is 0 Å². The summed E-state index contributed by atoms with van der Waals surface area (Å²) in [7, 11) is 0. The summed E-state index contributed by atoms with van der Waals surface area (Å²) in [5, 5.41) is 3.94. The van der Waals surface area contributed by atoms with Crippen LogP contribution in [0.2, 0.25) is 0 Å². The van der Waals surface area contributed by atoms with Crippen molar-refractivity contribution < 1.29 is 0 Å². The molecule has 0 saturated heterocycles. The van der Waals surface area contributed by atoms with Gasteiger partial charge in [-0.25, -0.2) is 0 Å². The molecule has 35 heavy (non-hydrogen) atoms. The van der Waals surface area contributed by atoms with Crippen LogP contribution in [-0.4, -0.2) is 5.54 Å². The molecule has 1 heteroatoms. The highest BCUT2D eigenvalue weighted by Gasteiger charge is 2.56. The Morgan fingerprint density at radius 3 is 2.09 bits per heavy atom. The fraction of sp³-hybridized carbons (Fsp3) is 0.471. The van der Waals surface area contributed by atoms with Gasteiger partial charge in [0.25, 0.3) is 0 Å². The minimum absolute atomic E-state index is 0.189. The van der Waals surface area contributed by atoms with Crippen molar-refractivity contribution in [3.63, 3.8) is 0 Å². The number of fused-ring (bicyclic) bond motifs is 6. The predicted molar refractivity (Wildman–Crippen MR) is 147 cm³/mol. The predicted octanol–water partition coefficient (Wildman–Crippen LogP) is 8.70. The van der Waals surface area contributed by atoms with Gasteiger partial charge in [0.1, 0.15) is 0 Å². The van der Waals surface area contributed by atoms with Gasteiger partial charge in [-0.15, -0.1) is 0 Å². The molecule has 0 aromatic heterocycles. The molecule has 4 atom stereocenters. The number of hydrogen-bond acceptors (Lipinski definition) is 1. The van der Waals surface area contributed by atoms with Crippen LogP contribution >= 0.6 is 0 Å². The Balaban J connectivity index is 1.33. The van der Waals surface area contributed by atoms with Crippen molar-refractivity contribution in [3.8, 4) is 11.1 Å². The monoisotopic (exact) mass is 461 g/mol. The molecule has 3 aromatic carbocycles. The van der Waals surface area contributed by atoms with Crippen LogP contribution in [0.4, 0.5) is 5.69 Å². The average molecular weight is 462 g/mol. The van der Waals surface area contributed by atoms with E-state index in [1.54, 1.807) is 22.3 Å². The van der Waals surface area contributed by atoms with E-state index in [1.807, 2.05) is 0 Å². The maximum atomic E-state index is 3.94. The summed E-state index contributed by atoms with van der Waals surface area (Å²) in [6.07, 6.45) is 11.7. The summed E-state index contributed by atoms with van der Waals surface area (Å²) in [5.74, 6) is 0. The fourth-order valence-electron chi connectivity index (χ4n) is 8.90. The zero-order valence-electron chi connectivity index (χ0n) is 21.7. The second-order valence-electron chi connectivity index (χ2n) is 12.8. The second kappa shape index (κ2) is 7.25. The number of anilines is 1. The maximum absolute atomic E-state index is 3.94. The summed E-state index contributed by atoms with van der Waals surface area (Å²) in [6.45, 7) is 7.54. The molecule has 0 amide bonds. The van der Waals surface area contributed by atoms with Gasteiger partial charge < -0.3 is 5.32 Å². The van der Waals surface area contributed by atoms with Crippen molar-refractivity contribution in [2.75, 3.05) is 5.32 Å². The molecule has 2 saturated carbocycles. The van der Waals surface area contributed by atoms with Crippen molar-refractivity contribution in [1.82, 2.24) is 0 Å². The van der Waals surface area contributed by atoms with Crippen molar-refractivity contribution in [1.29, 1.82) is 0 Å². The largest absolute Gasteiger partial charge is 0.379 e. The quantitative estimate of drug-likeness (QED) is 0.402. The van der Waals surface area contributed by atoms with Gasteiger partial charge in [0.15, 0.2) is 0 Å². The normalized spacial score (nSPS) is 34.9. The molecule has 1 heterocycles. The Bertz CT molecular complexity index is 1310. The molecule has 3 aliphatic carbocycles. The molecule has 7 rings (SSSR count). The van der Waals surface area contributed by atoms with Gasteiger partial charge >= 0.3 is 0 Å². The number of hydrogen-bond donors (Lipinski definition) is 1. The average Bonchev–Trinajstić information content (AvgIpc) is 3.29. The third kappa shape index (κ3) is 2.76. The molecule has 0 spiro atoms. The lowest BCUT2D eigenvalue weighted by atomic mass is 9.54. The molecule has 180 valence electrons. The summed E-state index contributed by atoms with van der Waals surface area (Å²) >= 11 is 0. The summed E-state index contributed by atoms with van der Waals surface area (Å²) < 4.78 is 0. The SMILES string of the molecule is CC12CCCCC1(C)c1cc(-c3ccc4c(c3)C3(C)CCCCC3(c3ccccc3)C4)ccc1N2. The lowest BCUT2D eigenvalue weighted by molar-refractivity contribution is 0.173. The summed E-state index contributed by atoms with van der Waals surface area (Å²) in [6, 6.07) is 26.2. The van der Waals surface area contributed by atoms with E-state index in [4.69, 9.17) is 0 Å². The van der Waals surface area contributed by atoms with Crippen LogP contribution in [0.25, 0.3) is 11.1 Å². The molecular weight excluding hydrogens is 422 g/mol. The molecular formula is C34H39N. The smallest absolute Gasteiger partial charge is 0.0440 e. The van der Waals surface area contributed by atoms with Crippen molar-refractivity contribution in [2.45, 2.75) is 100 Å². The molecule has 1 N–H and O–H groups in total. The highest BCUT2D eigenvalue weighted by Crippen LogP contribution is 2.61. The molecule has 0 bridgehead atoms. The maximum Gasteiger partial charge on any atom is 0.0440 e. The van der Waals surface area contributed by atoms with Crippen molar-refractivity contribution in [3.05, 3.63) is 89.0 Å². The van der Waals surface area contributed by atoms with Crippen LogP contribution in [-0.2, 0) is 22.7 Å². The van der Waals surface area contributed by atoms with Crippen molar-refractivity contribution in [2.24, 2.45) is 0 Å². The minimum Gasteiger partial charge on any atom is -0.379 e. The van der Waals surface area contributed by atoms with Gasteiger partial charge in [-0.05, 0) is 84.5 Å². The first-order valence-corrected chi connectivity index (χ1v) is 14.0. The minimum atomic E-state index is 0.189. The topological polar surface area (TPSA) is 12.0 Å². The van der Waals surface area contributed by atoms with E-state index >= 15 is 0 Å². The van der Waals surface area contributed by atoms with E-state index in [2.05, 4.69) is 92.8 Å². The van der Waals surface area contributed by atoms with Gasteiger partial charge in [-0.2, -0.15) is 0 Å². The Labute approximate surface area is 211 Å². The zero-order chi connectivity index (χ0) is 23.9. The summed E-state index contributed by atoms with van der Waals surface area (Å²) in [4.78, 5) is 0. The first kappa shape index (κ1) is 21.7. The van der Waals surface area contributed by atoms with Gasteiger partial charge in [0.05, 0.1) is 0 Å². The van der Waals surface area contributed by atoms with Crippen LogP contribution < -0.4 is 5.32 Å². The van der Waals surface area contributed by atoms with Gasteiger partial charge in [-0.1, -0.05) is 94.1 Å². The molecule has 1 aliphatic heterocycles. The van der Waals surface area contributed by atoms with Gasteiger partial charge in [0, 0.05) is 27.5 Å². The second-order valence-corrected chi connectivity index (χ2v) is 12.8. The van der Waals surface area contributed by atoms with E-state index in [9.17, 15) is 0 Å². The number of rotatable bonds is 2. The van der Waals surface area contributed by atoms with E-state index in [0.717, 1.165) is 0 Å². The lowest BCUT2D eigenvalue weighted by Crippen LogP contribution is -2.50. The summed E-state index contributed by atoms with van der Waals surface area (Å²) in [5.41, 5.74) is 11.3. The fourth-order valence-corrected chi connectivity index (χ4v) is 8.90. The third-order valence-corrected chi connectivity index (χ3v) is 11.3. The highest BCUT2D eigenvalue weighted by molar-refractivity contribution is 5.75. The Morgan fingerprint density at radius 1 is 0.629 bits per heavy atom. The zero-order valence-corrected chi connectivity index (χ0v) is 21.7. The van der Waals surface area contributed by atoms with Crippen molar-refractivity contribution >= 4 is 5.69 Å². The van der Waals surface area contributed by atoms with Crippen LogP contribution in [0.15, 0.2) is 66.7 Å². The third-order valence-electron chi connectivity index (χ3n) is 11.3. The lowest BCUT2D eigenvalue weighted by Gasteiger charge is -2.49. The van der Waals surface area contributed by atoms with Crippen LogP contribution in [0.5, 0.6) is 0 Å². The molecule has 1 nitrogen and oxygen atoms in total. The molecule has 0 radical (unpaired) electrons. The standard InChI is InChI=1S/C34H39N/c1-31-17-7-9-19-33(31,3)35-30-16-15-25(22-29(30)31)24-13-14-26-23-34(27-11-5-4-6-12-27)20-10-8-18-32(34,2)28(26)21-24/h4-6,11-16,21-22,35H,7-10,17-20,23H2,1-3H3. The van der Waals surface area contributed by atoms with E-state index < -0.39 is 0 Å². The van der Waals surface area contributed by atoms with E-state index in [-0.39, 0.29) is 21.8 Å². The van der Waals surface area contributed by atoms with Gasteiger partial charge in [-0.3, -0.25) is 0 Å².